The van der Waals surface area contributed by atoms with Crippen molar-refractivity contribution in [2.45, 2.75) is 25.3 Å². The van der Waals surface area contributed by atoms with E-state index >= 15 is 0 Å². The van der Waals surface area contributed by atoms with Gasteiger partial charge in [0.1, 0.15) is 11.6 Å². The Hall–Kier alpha value is -1.96. The molecule has 1 amide bonds. The smallest absolute Gasteiger partial charge is 0.255 e. The Labute approximate surface area is 177 Å². The predicted molar refractivity (Wildman–Crippen MR) is 117 cm³/mol. The fraction of sp³-hybridized carbons (Fsp3) is 0.318. The zero-order valence-electron chi connectivity index (χ0n) is 16.1. The molecule has 0 unspecified atom stereocenters. The van der Waals surface area contributed by atoms with Gasteiger partial charge in [-0.05, 0) is 49.3 Å². The van der Waals surface area contributed by atoms with Crippen molar-refractivity contribution in [3.8, 4) is 11.1 Å². The third kappa shape index (κ3) is 4.04. The number of fused-ring (bicyclic) bond motifs is 1. The lowest BCUT2D eigenvalue weighted by molar-refractivity contribution is 0.0763. The molecule has 1 aliphatic heterocycles. The Kier molecular flexibility index (Phi) is 6.18. The number of nitrogens with one attached hydrogen (secondary N) is 1. The molecular weight excluding hydrogens is 410 g/mol. The van der Waals surface area contributed by atoms with Crippen molar-refractivity contribution in [2.75, 3.05) is 19.3 Å². The van der Waals surface area contributed by atoms with Gasteiger partial charge in [0, 0.05) is 34.6 Å². The first kappa shape index (κ1) is 20.3. The number of rotatable bonds is 4. The lowest BCUT2D eigenvalue weighted by atomic mass is 9.98. The van der Waals surface area contributed by atoms with Crippen LogP contribution in [0.15, 0.2) is 41.8 Å². The summed E-state index contributed by atoms with van der Waals surface area (Å²) in [5.41, 5.74) is 0.879. The van der Waals surface area contributed by atoms with E-state index in [0.29, 0.717) is 35.6 Å². The molecule has 7 heteroatoms. The van der Waals surface area contributed by atoms with Gasteiger partial charge < -0.3 is 4.90 Å². The highest BCUT2D eigenvalue weighted by molar-refractivity contribution is 7.96. The van der Waals surface area contributed by atoms with Gasteiger partial charge in [-0.1, -0.05) is 30.1 Å². The molecule has 2 heterocycles. The second kappa shape index (κ2) is 8.81. The van der Waals surface area contributed by atoms with E-state index in [9.17, 15) is 13.6 Å². The molecule has 4 rings (SSSR count). The SMILES string of the molecule is CSN[C@H]1CCCN(C(=O)c2csc3cccc(-c4c(F)cccc4F)c23)CC1. The highest BCUT2D eigenvalue weighted by Gasteiger charge is 2.25. The summed E-state index contributed by atoms with van der Waals surface area (Å²) in [6.45, 7) is 1.36. The molecule has 0 saturated carbocycles. The number of halogens is 2. The van der Waals surface area contributed by atoms with Gasteiger partial charge >= 0.3 is 0 Å². The van der Waals surface area contributed by atoms with Crippen molar-refractivity contribution in [1.82, 2.24) is 9.62 Å². The molecule has 1 aromatic heterocycles. The van der Waals surface area contributed by atoms with Crippen LogP contribution in [0.3, 0.4) is 0 Å². The Morgan fingerprint density at radius 3 is 2.66 bits per heavy atom. The second-order valence-corrected chi connectivity index (χ2v) is 8.72. The average Bonchev–Trinajstić information content (AvgIpc) is 3.01. The topological polar surface area (TPSA) is 32.3 Å². The van der Waals surface area contributed by atoms with Crippen LogP contribution in [0.4, 0.5) is 8.78 Å². The van der Waals surface area contributed by atoms with E-state index in [1.54, 1.807) is 24.1 Å². The van der Waals surface area contributed by atoms with Crippen molar-refractivity contribution in [2.24, 2.45) is 0 Å². The molecule has 1 atom stereocenters. The van der Waals surface area contributed by atoms with Gasteiger partial charge in [-0.3, -0.25) is 9.52 Å². The van der Waals surface area contributed by atoms with E-state index in [0.717, 1.165) is 24.0 Å². The summed E-state index contributed by atoms with van der Waals surface area (Å²) in [5, 5.41) is 2.45. The number of hydrogen-bond donors (Lipinski definition) is 1. The molecular formula is C22H22F2N2OS2. The molecule has 3 aromatic rings. The molecule has 1 fully saturated rings. The van der Waals surface area contributed by atoms with Crippen molar-refractivity contribution in [3.05, 3.63) is 59.0 Å². The van der Waals surface area contributed by atoms with E-state index in [1.165, 1.54) is 29.5 Å². The van der Waals surface area contributed by atoms with Crippen LogP contribution >= 0.6 is 23.3 Å². The summed E-state index contributed by atoms with van der Waals surface area (Å²) in [4.78, 5) is 15.2. The van der Waals surface area contributed by atoms with Crippen LogP contribution in [0.1, 0.15) is 29.6 Å². The van der Waals surface area contributed by atoms with Crippen molar-refractivity contribution in [1.29, 1.82) is 0 Å². The molecule has 0 radical (unpaired) electrons. The molecule has 29 heavy (non-hydrogen) atoms. The Morgan fingerprint density at radius 1 is 1.14 bits per heavy atom. The van der Waals surface area contributed by atoms with Crippen LogP contribution < -0.4 is 4.72 Å². The summed E-state index contributed by atoms with van der Waals surface area (Å²) < 4.78 is 33.2. The lowest BCUT2D eigenvalue weighted by Gasteiger charge is -2.21. The Morgan fingerprint density at radius 2 is 1.90 bits per heavy atom. The van der Waals surface area contributed by atoms with Crippen molar-refractivity contribution in [3.63, 3.8) is 0 Å². The number of benzene rings is 2. The van der Waals surface area contributed by atoms with E-state index < -0.39 is 11.6 Å². The predicted octanol–water partition coefficient (Wildman–Crippen LogP) is 5.71. The van der Waals surface area contributed by atoms with Gasteiger partial charge in [-0.15, -0.1) is 11.3 Å². The summed E-state index contributed by atoms with van der Waals surface area (Å²) in [6.07, 6.45) is 4.86. The fourth-order valence-electron chi connectivity index (χ4n) is 3.96. The number of thiophene rings is 1. The van der Waals surface area contributed by atoms with Crippen LogP contribution in [-0.2, 0) is 0 Å². The minimum Gasteiger partial charge on any atom is -0.339 e. The monoisotopic (exact) mass is 432 g/mol. The third-order valence-corrected chi connectivity index (χ3v) is 6.88. The number of amides is 1. The van der Waals surface area contributed by atoms with Crippen LogP contribution in [0, 0.1) is 11.6 Å². The first-order chi connectivity index (χ1) is 14.1. The van der Waals surface area contributed by atoms with Crippen LogP contribution in [0.2, 0.25) is 0 Å². The largest absolute Gasteiger partial charge is 0.339 e. The van der Waals surface area contributed by atoms with E-state index in [2.05, 4.69) is 4.72 Å². The van der Waals surface area contributed by atoms with Gasteiger partial charge in [-0.2, -0.15) is 0 Å². The van der Waals surface area contributed by atoms with Crippen molar-refractivity contribution >= 4 is 39.3 Å². The summed E-state index contributed by atoms with van der Waals surface area (Å²) >= 11 is 3.04. The molecule has 1 N–H and O–H groups in total. The Balaban J connectivity index is 1.73. The van der Waals surface area contributed by atoms with Crippen molar-refractivity contribution < 1.29 is 13.6 Å². The van der Waals surface area contributed by atoms with Gasteiger partial charge in [0.25, 0.3) is 5.91 Å². The molecule has 0 aliphatic carbocycles. The molecule has 1 aliphatic rings. The summed E-state index contributed by atoms with van der Waals surface area (Å²) in [7, 11) is 0. The molecule has 2 aromatic carbocycles. The number of hydrogen-bond acceptors (Lipinski definition) is 4. The number of likely N-dealkylation sites (tertiary alicyclic amines) is 1. The number of carbonyl (C=O) groups excluding carboxylic acids is 1. The third-order valence-electron chi connectivity index (χ3n) is 5.36. The van der Waals surface area contributed by atoms with E-state index in [4.69, 9.17) is 0 Å². The van der Waals surface area contributed by atoms with Gasteiger partial charge in [0.2, 0.25) is 0 Å². The quantitative estimate of drug-likeness (QED) is 0.536. The molecule has 3 nitrogen and oxygen atoms in total. The fourth-order valence-corrected chi connectivity index (χ4v) is 5.49. The van der Waals surface area contributed by atoms with Crippen LogP contribution in [0.5, 0.6) is 0 Å². The van der Waals surface area contributed by atoms with Crippen LogP contribution in [-0.4, -0.2) is 36.2 Å². The first-order valence-electron chi connectivity index (χ1n) is 9.62. The standard InChI is InChI=1S/C22H22F2N2OS2/c1-28-25-14-5-4-11-26(12-10-14)22(27)16-13-29-19-9-2-6-15(20(16)19)21-17(23)7-3-8-18(21)24/h2-3,6-9,13-14,25H,4-5,10-12H2,1H3/t14-/m0/s1. The molecule has 0 spiro atoms. The van der Waals surface area contributed by atoms with Gasteiger partial charge in [-0.25, -0.2) is 8.78 Å². The van der Waals surface area contributed by atoms with Crippen LogP contribution in [0.25, 0.3) is 21.2 Å². The lowest BCUT2D eigenvalue weighted by Crippen LogP contribution is -2.33. The van der Waals surface area contributed by atoms with E-state index in [-0.39, 0.29) is 11.5 Å². The minimum absolute atomic E-state index is 0.0646. The average molecular weight is 433 g/mol. The maximum absolute atomic E-state index is 14.5. The van der Waals surface area contributed by atoms with Gasteiger partial charge in [0.05, 0.1) is 11.1 Å². The normalized spacial score (nSPS) is 17.5. The van der Waals surface area contributed by atoms with E-state index in [1.807, 2.05) is 22.6 Å². The highest BCUT2D eigenvalue weighted by atomic mass is 32.2. The summed E-state index contributed by atoms with van der Waals surface area (Å²) in [6, 6.07) is 9.60. The minimum atomic E-state index is -0.622. The Bertz CT molecular complexity index is 1020. The zero-order chi connectivity index (χ0) is 20.4. The maximum atomic E-state index is 14.5. The molecule has 1 saturated heterocycles. The summed E-state index contributed by atoms with van der Waals surface area (Å²) in [5.74, 6) is -1.31. The second-order valence-electron chi connectivity index (χ2n) is 7.17. The zero-order valence-corrected chi connectivity index (χ0v) is 17.7. The van der Waals surface area contributed by atoms with Gasteiger partial charge in [0.15, 0.2) is 0 Å². The maximum Gasteiger partial charge on any atom is 0.255 e. The highest BCUT2D eigenvalue weighted by Crippen LogP contribution is 2.38. The number of nitrogens with zero attached hydrogens (tertiary/aromatic N) is 1. The number of carbonyl (C=O) groups is 1. The molecule has 0 bridgehead atoms. The molecule has 152 valence electrons. The first-order valence-corrected chi connectivity index (χ1v) is 11.7.